The number of ether oxygens (including phenoxy) is 1. The van der Waals surface area contributed by atoms with E-state index in [-0.39, 0.29) is 21.7 Å². The molecule has 1 heterocycles. The summed E-state index contributed by atoms with van der Waals surface area (Å²) in [4.78, 5) is 0.259. The molecule has 0 bridgehead atoms. The number of rotatable bonds is 6. The predicted molar refractivity (Wildman–Crippen MR) is 83.2 cm³/mol. The maximum absolute atomic E-state index is 12.3. The first kappa shape index (κ1) is 16.6. The molecule has 5 nitrogen and oxygen atoms in total. The van der Waals surface area contributed by atoms with Crippen LogP contribution in [0.2, 0.25) is 0 Å². The molecular formula is C14H21NO4S2. The van der Waals surface area contributed by atoms with Crippen molar-refractivity contribution in [3.8, 4) is 0 Å². The van der Waals surface area contributed by atoms with E-state index in [1.54, 1.807) is 24.3 Å². The normalized spacial score (nSPS) is 18.5. The van der Waals surface area contributed by atoms with E-state index in [0.29, 0.717) is 19.8 Å². The molecule has 0 saturated carbocycles. The average Bonchev–Trinajstić information content (AvgIpc) is 2.53. The van der Waals surface area contributed by atoms with E-state index in [1.165, 1.54) is 0 Å². The molecule has 118 valence electrons. The smallest absolute Gasteiger partial charge is 0.179 e. The highest BCUT2D eigenvalue weighted by molar-refractivity contribution is 7.93. The molecule has 21 heavy (non-hydrogen) atoms. The van der Waals surface area contributed by atoms with Gasteiger partial charge in [0.1, 0.15) is 0 Å². The molecule has 1 aliphatic heterocycles. The molecule has 0 amide bonds. The van der Waals surface area contributed by atoms with Crippen LogP contribution in [0.4, 0.5) is 0 Å². The largest absolute Gasteiger partial charge is 0.381 e. The van der Waals surface area contributed by atoms with Gasteiger partial charge < -0.3 is 10.5 Å². The van der Waals surface area contributed by atoms with Gasteiger partial charge in [0.25, 0.3) is 0 Å². The Morgan fingerprint density at radius 1 is 1.29 bits per heavy atom. The lowest BCUT2D eigenvalue weighted by Gasteiger charge is -2.21. The molecule has 1 saturated heterocycles. The van der Waals surface area contributed by atoms with E-state index in [0.717, 1.165) is 18.4 Å². The monoisotopic (exact) mass is 331 g/mol. The van der Waals surface area contributed by atoms with Crippen LogP contribution < -0.4 is 5.73 Å². The molecular weight excluding hydrogens is 310 g/mol. The zero-order chi connectivity index (χ0) is 15.3. The van der Waals surface area contributed by atoms with Gasteiger partial charge in [-0.3, -0.25) is 4.21 Å². The highest BCUT2D eigenvalue weighted by Gasteiger charge is 2.23. The summed E-state index contributed by atoms with van der Waals surface area (Å²) in [7, 11) is -4.52. The van der Waals surface area contributed by atoms with Crippen LogP contribution in [-0.4, -0.2) is 42.6 Å². The predicted octanol–water partition coefficient (Wildman–Crippen LogP) is 0.847. The summed E-state index contributed by atoms with van der Waals surface area (Å²) in [5, 5.41) is 0.0596. The van der Waals surface area contributed by atoms with Gasteiger partial charge in [-0.1, -0.05) is 12.1 Å². The van der Waals surface area contributed by atoms with Gasteiger partial charge >= 0.3 is 0 Å². The quantitative estimate of drug-likeness (QED) is 0.835. The van der Waals surface area contributed by atoms with E-state index in [9.17, 15) is 12.6 Å². The molecule has 1 atom stereocenters. The van der Waals surface area contributed by atoms with Crippen LogP contribution in [0.3, 0.4) is 0 Å². The van der Waals surface area contributed by atoms with Crippen LogP contribution in [0.25, 0.3) is 0 Å². The van der Waals surface area contributed by atoms with Crippen LogP contribution in [0.5, 0.6) is 0 Å². The second-order valence-corrected chi connectivity index (χ2v) is 9.01. The van der Waals surface area contributed by atoms with Crippen molar-refractivity contribution in [2.45, 2.75) is 29.5 Å². The van der Waals surface area contributed by atoms with Crippen molar-refractivity contribution in [2.24, 2.45) is 5.73 Å². The number of benzene rings is 1. The maximum atomic E-state index is 12.3. The van der Waals surface area contributed by atoms with E-state index in [4.69, 9.17) is 10.5 Å². The Bertz CT molecular complexity index is 595. The lowest BCUT2D eigenvalue weighted by molar-refractivity contribution is 0.0992. The van der Waals surface area contributed by atoms with Gasteiger partial charge in [-0.05, 0) is 30.5 Å². The topological polar surface area (TPSA) is 86.5 Å². The molecule has 2 rings (SSSR count). The van der Waals surface area contributed by atoms with Crippen molar-refractivity contribution < 1.29 is 17.4 Å². The minimum atomic E-state index is -3.41. The van der Waals surface area contributed by atoms with Gasteiger partial charge in [0, 0.05) is 41.6 Å². The summed E-state index contributed by atoms with van der Waals surface area (Å²) in [6.07, 6.45) is 1.49. The molecule has 0 radical (unpaired) electrons. The van der Waals surface area contributed by atoms with Gasteiger partial charge in [-0.2, -0.15) is 0 Å². The van der Waals surface area contributed by atoms with Crippen molar-refractivity contribution in [1.29, 1.82) is 0 Å². The molecule has 0 spiro atoms. The van der Waals surface area contributed by atoms with Crippen LogP contribution in [0.15, 0.2) is 29.2 Å². The van der Waals surface area contributed by atoms with Crippen LogP contribution in [-0.2, 0) is 31.9 Å². The van der Waals surface area contributed by atoms with Gasteiger partial charge in [-0.25, -0.2) is 8.42 Å². The summed E-state index contributed by atoms with van der Waals surface area (Å²) in [5.41, 5.74) is 6.31. The number of hydrogen-bond acceptors (Lipinski definition) is 5. The lowest BCUT2D eigenvalue weighted by atomic mass is 10.2. The van der Waals surface area contributed by atoms with E-state index >= 15 is 0 Å². The third-order valence-electron chi connectivity index (χ3n) is 3.59. The fourth-order valence-corrected chi connectivity index (χ4v) is 5.72. The second kappa shape index (κ2) is 7.49. The second-order valence-electron chi connectivity index (χ2n) is 5.07. The summed E-state index contributed by atoms with van der Waals surface area (Å²) < 4.78 is 42.0. The fourth-order valence-electron chi connectivity index (χ4n) is 2.28. The molecule has 1 aliphatic rings. The van der Waals surface area contributed by atoms with E-state index in [2.05, 4.69) is 0 Å². The van der Waals surface area contributed by atoms with Gasteiger partial charge in [0.15, 0.2) is 9.84 Å². The van der Waals surface area contributed by atoms with Crippen molar-refractivity contribution in [3.05, 3.63) is 29.8 Å². The first-order chi connectivity index (χ1) is 10.0. The van der Waals surface area contributed by atoms with Crippen molar-refractivity contribution in [2.75, 3.05) is 24.7 Å². The minimum Gasteiger partial charge on any atom is -0.381 e. The van der Waals surface area contributed by atoms with Crippen molar-refractivity contribution >= 4 is 20.6 Å². The molecule has 1 fully saturated rings. The Morgan fingerprint density at radius 2 is 2.00 bits per heavy atom. The van der Waals surface area contributed by atoms with E-state index < -0.39 is 20.6 Å². The van der Waals surface area contributed by atoms with E-state index in [1.807, 2.05) is 0 Å². The Hall–Kier alpha value is -0.760. The Morgan fingerprint density at radius 3 is 2.67 bits per heavy atom. The van der Waals surface area contributed by atoms with Crippen LogP contribution in [0.1, 0.15) is 18.4 Å². The SMILES string of the molecule is NCc1cccc(S(=O)(=O)CCS(=O)C2CCOCC2)c1. The molecule has 1 aromatic carbocycles. The molecule has 0 aromatic heterocycles. The molecule has 0 aliphatic carbocycles. The molecule has 1 aromatic rings. The Kier molecular flexibility index (Phi) is 5.92. The lowest BCUT2D eigenvalue weighted by Crippen LogP contribution is -2.28. The van der Waals surface area contributed by atoms with Gasteiger partial charge in [0.05, 0.1) is 10.6 Å². The summed E-state index contributed by atoms with van der Waals surface area (Å²) in [6, 6.07) is 6.63. The zero-order valence-corrected chi connectivity index (χ0v) is 13.5. The zero-order valence-electron chi connectivity index (χ0n) is 11.9. The summed E-state index contributed by atoms with van der Waals surface area (Å²) in [5.74, 6) is 0.0881. The minimum absolute atomic E-state index is 0.0596. The first-order valence-electron chi connectivity index (χ1n) is 6.99. The molecule has 7 heteroatoms. The van der Waals surface area contributed by atoms with Crippen LogP contribution in [0, 0.1) is 0 Å². The molecule has 2 N–H and O–H groups in total. The maximum Gasteiger partial charge on any atom is 0.179 e. The Balaban J connectivity index is 1.98. The fraction of sp³-hybridized carbons (Fsp3) is 0.571. The number of nitrogens with two attached hydrogens (primary N) is 1. The third-order valence-corrected chi connectivity index (χ3v) is 7.38. The highest BCUT2D eigenvalue weighted by Crippen LogP contribution is 2.17. The van der Waals surface area contributed by atoms with Gasteiger partial charge in [-0.15, -0.1) is 0 Å². The van der Waals surface area contributed by atoms with Crippen molar-refractivity contribution in [1.82, 2.24) is 0 Å². The standard InChI is InChI=1S/C14H21NO4S2/c15-11-12-2-1-3-14(10-12)21(17,18)9-8-20(16)13-4-6-19-7-5-13/h1-3,10,13H,4-9,11,15H2. The molecule has 1 unspecified atom stereocenters. The number of hydrogen-bond donors (Lipinski definition) is 1. The Labute approximate surface area is 128 Å². The average molecular weight is 331 g/mol. The van der Waals surface area contributed by atoms with Crippen molar-refractivity contribution in [3.63, 3.8) is 0 Å². The number of sulfone groups is 1. The summed E-state index contributed by atoms with van der Waals surface area (Å²) >= 11 is 0. The highest BCUT2D eigenvalue weighted by atomic mass is 32.2. The van der Waals surface area contributed by atoms with Gasteiger partial charge in [0.2, 0.25) is 0 Å². The third kappa shape index (κ3) is 4.60. The van der Waals surface area contributed by atoms with Crippen LogP contribution >= 0.6 is 0 Å². The first-order valence-corrected chi connectivity index (χ1v) is 10.0. The summed E-state index contributed by atoms with van der Waals surface area (Å²) in [6.45, 7) is 1.53.